The molecule has 0 unspecified atom stereocenters. The normalized spacial score (nSPS) is 25.9. The van der Waals surface area contributed by atoms with E-state index < -0.39 is 13.1 Å². The number of carbonyl (C=O) groups is 2. The van der Waals surface area contributed by atoms with Crippen molar-refractivity contribution < 1.29 is 24.4 Å². The van der Waals surface area contributed by atoms with E-state index in [-0.39, 0.29) is 41.3 Å². The molecule has 0 amide bonds. The summed E-state index contributed by atoms with van der Waals surface area (Å²) >= 11 is 0. The van der Waals surface area contributed by atoms with Crippen molar-refractivity contribution in [2.75, 3.05) is 13.1 Å². The van der Waals surface area contributed by atoms with Gasteiger partial charge < -0.3 is 26.3 Å². The molecule has 1 aromatic carbocycles. The highest BCUT2D eigenvalue weighted by molar-refractivity contribution is 6.47. The zero-order valence-corrected chi connectivity index (χ0v) is 18.2. The Morgan fingerprint density at radius 3 is 2.53 bits per heavy atom. The van der Waals surface area contributed by atoms with E-state index in [0.717, 1.165) is 44.3 Å². The van der Waals surface area contributed by atoms with Crippen LogP contribution < -0.4 is 16.1 Å². The van der Waals surface area contributed by atoms with Gasteiger partial charge in [-0.2, -0.15) is 0 Å². The van der Waals surface area contributed by atoms with Crippen LogP contribution in [0.25, 0.3) is 0 Å². The van der Waals surface area contributed by atoms with Crippen molar-refractivity contribution in [2.45, 2.75) is 62.8 Å². The second-order valence-electron chi connectivity index (χ2n) is 9.35. The van der Waals surface area contributed by atoms with Gasteiger partial charge in [-0.05, 0) is 49.7 Å². The van der Waals surface area contributed by atoms with Crippen LogP contribution in [0, 0.1) is 5.92 Å². The molecule has 1 saturated heterocycles. The summed E-state index contributed by atoms with van der Waals surface area (Å²) in [6.07, 6.45) is 5.39. The highest BCUT2D eigenvalue weighted by atomic mass is 16.5. The Kier molecular flexibility index (Phi) is 6.71. The number of likely N-dealkylation sites (tertiary alicyclic amines) is 1. The highest BCUT2D eigenvalue weighted by Crippen LogP contribution is 2.38. The van der Waals surface area contributed by atoms with Crippen molar-refractivity contribution in [2.24, 2.45) is 22.4 Å². The molecule has 1 atom stereocenters. The third kappa shape index (κ3) is 5.07. The monoisotopic (exact) mass is 442 g/mol. The number of hydrogen-bond acceptors (Lipinski definition) is 6. The number of hydrogen-bond donors (Lipinski definition) is 4. The number of aliphatic imine (C=N–C) groups is 1. The zero-order valence-electron chi connectivity index (χ0n) is 18.2. The first kappa shape index (κ1) is 22.6. The lowest BCUT2D eigenvalue weighted by Crippen LogP contribution is -2.56. The summed E-state index contributed by atoms with van der Waals surface area (Å²) in [4.78, 5) is 30.7. The van der Waals surface area contributed by atoms with Crippen molar-refractivity contribution in [3.63, 3.8) is 0 Å². The molecule has 1 saturated carbocycles. The minimum atomic E-state index is -1.17. The summed E-state index contributed by atoms with van der Waals surface area (Å²) in [5.74, 6) is -0.580. The van der Waals surface area contributed by atoms with Crippen LogP contribution in [-0.4, -0.2) is 65.0 Å². The Bertz CT molecular complexity index is 892. The first-order chi connectivity index (χ1) is 15.3. The SMILES string of the molecule is NC(N)=NC1CN(C2CCC(CC(=O)C[C@H]3Cc4cccc(C(=O)O)c4OB3O)CC2)C1. The maximum atomic E-state index is 12.7. The van der Waals surface area contributed by atoms with Crippen LogP contribution in [0.1, 0.15) is 54.4 Å². The summed E-state index contributed by atoms with van der Waals surface area (Å²) < 4.78 is 5.51. The van der Waals surface area contributed by atoms with Gasteiger partial charge in [-0.3, -0.25) is 9.69 Å². The molecule has 32 heavy (non-hydrogen) atoms. The van der Waals surface area contributed by atoms with Crippen molar-refractivity contribution in [1.82, 2.24) is 4.90 Å². The third-order valence-corrected chi connectivity index (χ3v) is 7.01. The molecule has 10 heteroatoms. The van der Waals surface area contributed by atoms with Gasteiger partial charge in [0.25, 0.3) is 0 Å². The number of Topliss-reactive ketones (excluding diaryl/α,β-unsaturated/α-hetero) is 1. The lowest BCUT2D eigenvalue weighted by molar-refractivity contribution is -0.120. The van der Waals surface area contributed by atoms with Crippen LogP contribution in [0.5, 0.6) is 5.75 Å². The zero-order chi connectivity index (χ0) is 22.8. The van der Waals surface area contributed by atoms with Gasteiger partial charge in [0.1, 0.15) is 11.5 Å². The number of para-hydroxylation sites is 1. The molecular formula is C22H31BN4O5. The molecule has 1 aliphatic carbocycles. The predicted molar refractivity (Wildman–Crippen MR) is 121 cm³/mol. The maximum absolute atomic E-state index is 12.7. The number of benzene rings is 1. The molecule has 1 aromatic rings. The molecule has 9 nitrogen and oxygen atoms in total. The van der Waals surface area contributed by atoms with E-state index in [4.69, 9.17) is 16.1 Å². The van der Waals surface area contributed by atoms with Crippen molar-refractivity contribution >= 4 is 24.8 Å². The van der Waals surface area contributed by atoms with Crippen LogP contribution in [0.3, 0.4) is 0 Å². The summed E-state index contributed by atoms with van der Waals surface area (Å²) in [5.41, 5.74) is 11.6. The Labute approximate surface area is 188 Å². The van der Waals surface area contributed by atoms with E-state index in [1.165, 1.54) is 6.07 Å². The molecule has 6 N–H and O–H groups in total. The Balaban J connectivity index is 1.23. The lowest BCUT2D eigenvalue weighted by Gasteiger charge is -2.45. The van der Waals surface area contributed by atoms with Crippen LogP contribution in [0.2, 0.25) is 5.82 Å². The topological polar surface area (TPSA) is 151 Å². The predicted octanol–water partition coefficient (Wildman–Crippen LogP) is 1.04. The number of carboxylic acids is 1. The van der Waals surface area contributed by atoms with E-state index >= 15 is 0 Å². The van der Waals surface area contributed by atoms with Gasteiger partial charge >= 0.3 is 13.1 Å². The number of carbonyl (C=O) groups excluding carboxylic acids is 1. The fraction of sp³-hybridized carbons (Fsp3) is 0.591. The standard InChI is InChI=1S/C22H31BN4O5/c24-22(25)26-16-11-27(12-16)17-6-4-13(5-7-17)8-18(28)10-15-9-14-2-1-3-19(21(29)30)20(14)32-23(15)31/h1-3,13,15-17,31H,4-12H2,(H,29,30)(H4,24,25,26)/t13?,15-,17?/m1/s1. The number of rotatable bonds is 7. The highest BCUT2D eigenvalue weighted by Gasteiger charge is 2.39. The third-order valence-electron chi connectivity index (χ3n) is 7.01. The smallest absolute Gasteiger partial charge is 0.526 e. The molecule has 3 aliphatic rings. The second kappa shape index (κ2) is 9.50. The molecule has 2 aliphatic heterocycles. The molecule has 2 heterocycles. The van der Waals surface area contributed by atoms with Crippen molar-refractivity contribution in [1.29, 1.82) is 0 Å². The average Bonchev–Trinajstić information content (AvgIpc) is 2.71. The Morgan fingerprint density at radius 1 is 1.16 bits per heavy atom. The van der Waals surface area contributed by atoms with E-state index in [0.29, 0.717) is 24.8 Å². The molecule has 172 valence electrons. The van der Waals surface area contributed by atoms with Gasteiger partial charge in [-0.25, -0.2) is 9.79 Å². The van der Waals surface area contributed by atoms with Gasteiger partial charge in [0, 0.05) is 37.8 Å². The number of aromatic carboxylic acids is 1. The van der Waals surface area contributed by atoms with Crippen molar-refractivity contribution in [3.8, 4) is 5.75 Å². The second-order valence-corrected chi connectivity index (χ2v) is 9.35. The van der Waals surface area contributed by atoms with Gasteiger partial charge in [-0.1, -0.05) is 12.1 Å². The van der Waals surface area contributed by atoms with E-state index in [2.05, 4.69) is 9.89 Å². The molecule has 0 aromatic heterocycles. The first-order valence-corrected chi connectivity index (χ1v) is 11.3. The fourth-order valence-corrected chi connectivity index (χ4v) is 5.32. The van der Waals surface area contributed by atoms with Gasteiger partial charge in [0.15, 0.2) is 5.96 Å². The maximum Gasteiger partial charge on any atom is 0.526 e. The molecule has 2 fully saturated rings. The number of nitrogens with two attached hydrogens (primary N) is 2. The summed E-state index contributed by atoms with van der Waals surface area (Å²) in [6.45, 7) is 1.80. The van der Waals surface area contributed by atoms with E-state index in [9.17, 15) is 19.7 Å². The number of ketones is 1. The van der Waals surface area contributed by atoms with Crippen molar-refractivity contribution in [3.05, 3.63) is 29.3 Å². The number of guanidine groups is 1. The summed E-state index contributed by atoms with van der Waals surface area (Å²) in [7, 11) is -1.17. The quantitative estimate of drug-likeness (QED) is 0.278. The molecular weight excluding hydrogens is 411 g/mol. The van der Waals surface area contributed by atoms with Gasteiger partial charge in [0.05, 0.1) is 11.6 Å². The van der Waals surface area contributed by atoms with Crippen LogP contribution >= 0.6 is 0 Å². The fourth-order valence-electron chi connectivity index (χ4n) is 5.32. The lowest BCUT2D eigenvalue weighted by atomic mass is 9.64. The molecule has 0 spiro atoms. The van der Waals surface area contributed by atoms with Gasteiger partial charge in [0.2, 0.25) is 0 Å². The molecule has 0 radical (unpaired) electrons. The minimum absolute atomic E-state index is 0.0370. The number of carboxylic acid groups (broad SMARTS) is 1. The Morgan fingerprint density at radius 2 is 1.88 bits per heavy atom. The first-order valence-electron chi connectivity index (χ1n) is 11.3. The van der Waals surface area contributed by atoms with Crippen LogP contribution in [0.15, 0.2) is 23.2 Å². The van der Waals surface area contributed by atoms with E-state index in [1.807, 2.05) is 0 Å². The van der Waals surface area contributed by atoms with Crippen LogP contribution in [0.4, 0.5) is 0 Å². The minimum Gasteiger partial charge on any atom is -0.535 e. The largest absolute Gasteiger partial charge is 0.535 e. The van der Waals surface area contributed by atoms with Gasteiger partial charge in [-0.15, -0.1) is 0 Å². The summed E-state index contributed by atoms with van der Waals surface area (Å²) in [6, 6.07) is 5.66. The molecule has 4 rings (SSSR count). The van der Waals surface area contributed by atoms with Crippen LogP contribution in [-0.2, 0) is 11.2 Å². The van der Waals surface area contributed by atoms with E-state index in [1.54, 1.807) is 12.1 Å². The molecule has 0 bridgehead atoms. The Hall–Kier alpha value is -2.59. The summed E-state index contributed by atoms with van der Waals surface area (Å²) in [5, 5.41) is 19.7. The number of nitrogens with zero attached hydrogens (tertiary/aromatic N) is 2. The number of fused-ring (bicyclic) bond motifs is 1. The average molecular weight is 442 g/mol.